The molecule has 5 nitrogen and oxygen atoms in total. The highest BCUT2D eigenvalue weighted by molar-refractivity contribution is 6.23. The molecule has 0 spiro atoms. The zero-order chi connectivity index (χ0) is 20.8. The number of hydrogen-bond donors (Lipinski definition) is 0. The number of benzene rings is 2. The lowest BCUT2D eigenvalue weighted by Gasteiger charge is -2.21. The number of unbranched alkanes of at least 4 members (excludes halogenated alkanes) is 2. The number of aromatic nitrogens is 2. The zero-order valence-corrected chi connectivity index (χ0v) is 18.0. The summed E-state index contributed by atoms with van der Waals surface area (Å²) in [7, 11) is 0. The van der Waals surface area contributed by atoms with E-state index in [0.29, 0.717) is 6.61 Å². The number of para-hydroxylation sites is 2. The Balaban J connectivity index is 1.54. The van der Waals surface area contributed by atoms with Gasteiger partial charge in [-0.25, -0.2) is 9.97 Å². The largest absolute Gasteiger partial charge is 0.394 e. The van der Waals surface area contributed by atoms with Crippen LogP contribution < -0.4 is 0 Å². The summed E-state index contributed by atoms with van der Waals surface area (Å²) in [4.78, 5) is 18.0. The molecule has 1 aromatic heterocycles. The highest BCUT2D eigenvalue weighted by Gasteiger charge is 2.28. The van der Waals surface area contributed by atoms with Crippen LogP contribution in [-0.4, -0.2) is 46.8 Å². The SMILES string of the molecule is CCCCN(CCCC)CCO/N=C1/c2ccccc2-c2nc3ccccc3nc21. The molecule has 1 aliphatic carbocycles. The number of oxime groups is 1. The molecule has 3 aromatic rings. The van der Waals surface area contributed by atoms with Crippen molar-refractivity contribution in [3.8, 4) is 11.3 Å². The van der Waals surface area contributed by atoms with Crippen molar-refractivity contribution in [2.75, 3.05) is 26.2 Å². The fourth-order valence-corrected chi connectivity index (χ4v) is 3.85. The van der Waals surface area contributed by atoms with E-state index in [4.69, 9.17) is 14.8 Å². The maximum atomic E-state index is 5.81. The van der Waals surface area contributed by atoms with Crippen LogP contribution >= 0.6 is 0 Å². The van der Waals surface area contributed by atoms with Gasteiger partial charge in [-0.05, 0) is 38.1 Å². The molecule has 0 amide bonds. The Kier molecular flexibility index (Phi) is 6.70. The van der Waals surface area contributed by atoms with Crippen LogP contribution in [-0.2, 0) is 4.84 Å². The first-order valence-corrected chi connectivity index (χ1v) is 11.1. The van der Waals surface area contributed by atoms with Crippen molar-refractivity contribution in [3.63, 3.8) is 0 Å². The smallest absolute Gasteiger partial charge is 0.138 e. The quantitative estimate of drug-likeness (QED) is 0.267. The Bertz CT molecular complexity index is 1020. The van der Waals surface area contributed by atoms with E-state index in [-0.39, 0.29) is 0 Å². The summed E-state index contributed by atoms with van der Waals surface area (Å²) < 4.78 is 0. The van der Waals surface area contributed by atoms with Crippen LogP contribution in [0.25, 0.3) is 22.3 Å². The zero-order valence-electron chi connectivity index (χ0n) is 18.0. The minimum Gasteiger partial charge on any atom is -0.394 e. The van der Waals surface area contributed by atoms with Gasteiger partial charge in [0.05, 0.1) is 16.7 Å². The lowest BCUT2D eigenvalue weighted by molar-refractivity contribution is 0.109. The first kappa shape index (κ1) is 20.5. The normalized spacial score (nSPS) is 13.8. The van der Waals surface area contributed by atoms with Gasteiger partial charge in [-0.2, -0.15) is 0 Å². The Morgan fingerprint density at radius 1 is 0.767 bits per heavy atom. The van der Waals surface area contributed by atoms with Gasteiger partial charge in [-0.1, -0.05) is 68.2 Å². The Hall–Kier alpha value is -2.79. The molecule has 1 aliphatic rings. The summed E-state index contributed by atoms with van der Waals surface area (Å²) >= 11 is 0. The number of rotatable bonds is 10. The maximum Gasteiger partial charge on any atom is 0.138 e. The van der Waals surface area contributed by atoms with Gasteiger partial charge >= 0.3 is 0 Å². The second-order valence-corrected chi connectivity index (χ2v) is 7.78. The molecule has 0 saturated heterocycles. The minimum absolute atomic E-state index is 0.579. The van der Waals surface area contributed by atoms with Gasteiger partial charge in [0.1, 0.15) is 18.0 Å². The molecule has 5 heteroatoms. The van der Waals surface area contributed by atoms with E-state index in [1.54, 1.807) is 0 Å². The minimum atomic E-state index is 0.579. The van der Waals surface area contributed by atoms with Crippen LogP contribution in [0.5, 0.6) is 0 Å². The van der Waals surface area contributed by atoms with E-state index in [2.05, 4.69) is 36.0 Å². The molecule has 1 heterocycles. The fourth-order valence-electron chi connectivity index (χ4n) is 3.85. The lowest BCUT2D eigenvalue weighted by atomic mass is 10.1. The molecule has 0 radical (unpaired) electrons. The van der Waals surface area contributed by atoms with Gasteiger partial charge in [0.25, 0.3) is 0 Å². The third-order valence-electron chi connectivity index (χ3n) is 5.54. The van der Waals surface area contributed by atoms with Gasteiger partial charge in [0.15, 0.2) is 0 Å². The molecule has 0 atom stereocenters. The summed E-state index contributed by atoms with van der Waals surface area (Å²) in [6.45, 7) is 8.20. The highest BCUT2D eigenvalue weighted by atomic mass is 16.6. The van der Waals surface area contributed by atoms with Gasteiger partial charge in [0.2, 0.25) is 0 Å². The predicted octanol–water partition coefficient (Wildman–Crippen LogP) is 5.28. The third kappa shape index (κ3) is 4.36. The van der Waals surface area contributed by atoms with E-state index in [9.17, 15) is 0 Å². The average molecular weight is 403 g/mol. The van der Waals surface area contributed by atoms with Gasteiger partial charge in [-0.3, -0.25) is 4.90 Å². The Morgan fingerprint density at radius 3 is 2.03 bits per heavy atom. The van der Waals surface area contributed by atoms with E-state index in [0.717, 1.165) is 58.9 Å². The second-order valence-electron chi connectivity index (χ2n) is 7.78. The maximum absolute atomic E-state index is 5.81. The topological polar surface area (TPSA) is 50.6 Å². The predicted molar refractivity (Wildman–Crippen MR) is 123 cm³/mol. The molecule has 30 heavy (non-hydrogen) atoms. The second kappa shape index (κ2) is 9.81. The molecule has 0 saturated carbocycles. The van der Waals surface area contributed by atoms with Crippen LogP contribution in [0, 0.1) is 0 Å². The van der Waals surface area contributed by atoms with E-state index >= 15 is 0 Å². The lowest BCUT2D eigenvalue weighted by Crippen LogP contribution is -2.29. The molecule has 4 rings (SSSR count). The summed E-state index contributed by atoms with van der Waals surface area (Å²) in [5.41, 5.74) is 6.37. The van der Waals surface area contributed by atoms with Crippen molar-refractivity contribution in [3.05, 3.63) is 59.8 Å². The first-order chi connectivity index (χ1) is 14.8. The van der Waals surface area contributed by atoms with Crippen LogP contribution in [0.3, 0.4) is 0 Å². The first-order valence-electron chi connectivity index (χ1n) is 11.1. The molecule has 0 N–H and O–H groups in total. The van der Waals surface area contributed by atoms with Gasteiger partial charge in [-0.15, -0.1) is 0 Å². The van der Waals surface area contributed by atoms with Crippen molar-refractivity contribution in [1.82, 2.24) is 14.9 Å². The van der Waals surface area contributed by atoms with E-state index in [1.165, 1.54) is 25.7 Å². The molecule has 0 unspecified atom stereocenters. The fraction of sp³-hybridized carbons (Fsp3) is 0.400. The van der Waals surface area contributed by atoms with Crippen molar-refractivity contribution in [1.29, 1.82) is 0 Å². The standard InChI is InChI=1S/C25H30N4O/c1-3-5-15-29(16-6-4-2)17-18-30-28-24-20-12-8-7-11-19(20)23-25(24)27-22-14-10-9-13-21(22)26-23/h7-14H,3-6,15-18H2,1-2H3/b28-24-. The summed E-state index contributed by atoms with van der Waals surface area (Å²) in [6, 6.07) is 16.2. The van der Waals surface area contributed by atoms with Gasteiger partial charge < -0.3 is 4.84 Å². The van der Waals surface area contributed by atoms with Crippen molar-refractivity contribution < 1.29 is 4.84 Å². The Labute approximate surface area is 178 Å². The number of hydrogen-bond acceptors (Lipinski definition) is 5. The Morgan fingerprint density at radius 2 is 1.37 bits per heavy atom. The molecular weight excluding hydrogens is 372 g/mol. The average Bonchev–Trinajstić information content (AvgIpc) is 3.09. The van der Waals surface area contributed by atoms with E-state index < -0.39 is 0 Å². The van der Waals surface area contributed by atoms with Crippen LogP contribution in [0.15, 0.2) is 53.7 Å². The molecule has 0 aliphatic heterocycles. The molecule has 0 fully saturated rings. The summed E-state index contributed by atoms with van der Waals surface area (Å²) in [6.07, 6.45) is 4.88. The third-order valence-corrected chi connectivity index (χ3v) is 5.54. The summed E-state index contributed by atoms with van der Waals surface area (Å²) in [5.74, 6) is 0. The van der Waals surface area contributed by atoms with Crippen LogP contribution in [0.1, 0.15) is 50.8 Å². The van der Waals surface area contributed by atoms with Gasteiger partial charge in [0, 0.05) is 17.7 Å². The van der Waals surface area contributed by atoms with Crippen molar-refractivity contribution >= 4 is 16.7 Å². The number of fused-ring (bicyclic) bond motifs is 4. The van der Waals surface area contributed by atoms with E-state index in [1.807, 2.05) is 36.4 Å². The molecule has 2 aromatic carbocycles. The number of nitrogens with zero attached hydrogens (tertiary/aromatic N) is 4. The van der Waals surface area contributed by atoms with Crippen LogP contribution in [0.2, 0.25) is 0 Å². The molecule has 156 valence electrons. The van der Waals surface area contributed by atoms with Crippen molar-refractivity contribution in [2.45, 2.75) is 39.5 Å². The monoisotopic (exact) mass is 402 g/mol. The molecule has 0 bridgehead atoms. The van der Waals surface area contributed by atoms with Crippen LogP contribution in [0.4, 0.5) is 0 Å². The molecular formula is C25H30N4O. The van der Waals surface area contributed by atoms with Crippen molar-refractivity contribution in [2.24, 2.45) is 5.16 Å². The highest BCUT2D eigenvalue weighted by Crippen LogP contribution is 2.35. The summed E-state index contributed by atoms with van der Waals surface area (Å²) in [5, 5.41) is 4.53.